The molecule has 0 saturated carbocycles. The second kappa shape index (κ2) is 19.4. The third kappa shape index (κ3) is 20.0. The molecule has 0 aromatic rings. The Morgan fingerprint density at radius 2 is 1.23 bits per heavy atom. The molecule has 0 unspecified atom stereocenters. The molecule has 0 saturated heterocycles. The predicted octanol–water partition coefficient (Wildman–Crippen LogP) is 6.45. The van der Waals surface area contributed by atoms with E-state index >= 15 is 0 Å². The minimum atomic E-state index is 0.108. The molecular formula is C20H40N2O2S2. The smallest absolute Gasteiger partial charge is 0.279 e. The summed E-state index contributed by atoms with van der Waals surface area (Å²) in [4.78, 5) is 23.3. The normalized spacial score (nSPS) is 10.9. The van der Waals surface area contributed by atoms with Gasteiger partial charge in [-0.25, -0.2) is 0 Å². The van der Waals surface area contributed by atoms with Gasteiger partial charge in [0.2, 0.25) is 0 Å². The zero-order valence-corrected chi connectivity index (χ0v) is 18.7. The minimum absolute atomic E-state index is 0.108. The first-order valence-electron chi connectivity index (χ1n) is 10.4. The molecule has 0 radical (unpaired) electrons. The molecule has 0 spiro atoms. The largest absolute Gasteiger partial charge is 0.347 e. The van der Waals surface area contributed by atoms with E-state index < -0.39 is 0 Å². The molecule has 0 heterocycles. The van der Waals surface area contributed by atoms with Crippen LogP contribution in [-0.4, -0.2) is 35.1 Å². The number of thioether (sulfide) groups is 2. The summed E-state index contributed by atoms with van der Waals surface area (Å²) in [6.07, 6.45) is 11.4. The zero-order chi connectivity index (χ0) is 19.5. The Kier molecular flexibility index (Phi) is 19.1. The molecule has 26 heavy (non-hydrogen) atoms. The molecule has 0 bridgehead atoms. The van der Waals surface area contributed by atoms with Crippen molar-refractivity contribution in [1.82, 2.24) is 10.6 Å². The van der Waals surface area contributed by atoms with E-state index in [0.29, 0.717) is 5.92 Å². The van der Waals surface area contributed by atoms with Gasteiger partial charge in [0.05, 0.1) is 0 Å². The summed E-state index contributed by atoms with van der Waals surface area (Å²) < 4.78 is 0. The van der Waals surface area contributed by atoms with Crippen LogP contribution in [0.1, 0.15) is 85.0 Å². The lowest BCUT2D eigenvalue weighted by atomic mass is 10.1. The van der Waals surface area contributed by atoms with Gasteiger partial charge < -0.3 is 10.6 Å². The summed E-state index contributed by atoms with van der Waals surface area (Å²) in [6, 6.07) is 0. The van der Waals surface area contributed by atoms with Crippen molar-refractivity contribution < 1.29 is 9.59 Å². The lowest BCUT2D eigenvalue weighted by Crippen LogP contribution is -2.21. The van der Waals surface area contributed by atoms with Crippen LogP contribution in [0.25, 0.3) is 0 Å². The fourth-order valence-electron chi connectivity index (χ4n) is 2.44. The van der Waals surface area contributed by atoms with Gasteiger partial charge in [0.1, 0.15) is 0 Å². The molecule has 0 aliphatic carbocycles. The van der Waals surface area contributed by atoms with Gasteiger partial charge in [-0.2, -0.15) is 0 Å². The number of hydrogen-bond donors (Lipinski definition) is 2. The van der Waals surface area contributed by atoms with Gasteiger partial charge in [-0.1, -0.05) is 82.8 Å². The molecule has 154 valence electrons. The lowest BCUT2D eigenvalue weighted by Gasteiger charge is -2.07. The maximum Gasteiger partial charge on any atom is 0.279 e. The Morgan fingerprint density at radius 3 is 1.73 bits per heavy atom. The van der Waals surface area contributed by atoms with E-state index in [1.807, 2.05) is 0 Å². The standard InChI is InChI=1S/C20H40N2O2S2/c1-4-5-6-11-16-25-19(23)21-14-9-7-8-10-15-22-20(24)26-17-12-13-18(2)3/h18H,4-17H2,1-3H3,(H,21,23)(H,22,24). The van der Waals surface area contributed by atoms with Crippen LogP contribution in [0.4, 0.5) is 9.59 Å². The number of carbonyl (C=O) groups excluding carboxylic acids is 2. The number of unbranched alkanes of at least 4 members (excludes halogenated alkanes) is 6. The highest BCUT2D eigenvalue weighted by atomic mass is 32.2. The van der Waals surface area contributed by atoms with Crippen LogP contribution in [-0.2, 0) is 0 Å². The van der Waals surface area contributed by atoms with Crippen LogP contribution in [0, 0.1) is 5.92 Å². The van der Waals surface area contributed by atoms with Gasteiger partial charge >= 0.3 is 0 Å². The number of amides is 2. The van der Waals surface area contributed by atoms with Gasteiger partial charge in [0.25, 0.3) is 10.5 Å². The molecule has 0 atom stereocenters. The van der Waals surface area contributed by atoms with Crippen molar-refractivity contribution in [2.45, 2.75) is 85.0 Å². The number of rotatable bonds is 16. The van der Waals surface area contributed by atoms with E-state index in [2.05, 4.69) is 31.4 Å². The van der Waals surface area contributed by atoms with Gasteiger partial charge in [-0.05, 0) is 31.6 Å². The lowest BCUT2D eigenvalue weighted by molar-refractivity contribution is 0.259. The molecule has 2 N–H and O–H groups in total. The van der Waals surface area contributed by atoms with Gasteiger partial charge in [-0.3, -0.25) is 9.59 Å². The van der Waals surface area contributed by atoms with Crippen LogP contribution in [0.3, 0.4) is 0 Å². The van der Waals surface area contributed by atoms with E-state index in [9.17, 15) is 9.59 Å². The molecule has 0 rings (SSSR count). The first-order valence-corrected chi connectivity index (χ1v) is 12.3. The predicted molar refractivity (Wildman–Crippen MR) is 118 cm³/mol. The molecule has 4 nitrogen and oxygen atoms in total. The van der Waals surface area contributed by atoms with Crippen molar-refractivity contribution >= 4 is 34.0 Å². The Bertz CT molecular complexity index is 353. The summed E-state index contributed by atoms with van der Waals surface area (Å²) in [7, 11) is 0. The highest BCUT2D eigenvalue weighted by Crippen LogP contribution is 2.11. The highest BCUT2D eigenvalue weighted by molar-refractivity contribution is 8.13. The van der Waals surface area contributed by atoms with Crippen LogP contribution >= 0.6 is 23.5 Å². The third-order valence-corrected chi connectivity index (χ3v) is 5.83. The fraction of sp³-hybridized carbons (Fsp3) is 0.900. The summed E-state index contributed by atoms with van der Waals surface area (Å²) >= 11 is 2.82. The molecule has 0 aromatic carbocycles. The van der Waals surface area contributed by atoms with Gasteiger partial charge in [0.15, 0.2) is 0 Å². The van der Waals surface area contributed by atoms with E-state index in [4.69, 9.17) is 0 Å². The summed E-state index contributed by atoms with van der Waals surface area (Å²) in [6.45, 7) is 8.14. The van der Waals surface area contributed by atoms with Crippen molar-refractivity contribution in [3.05, 3.63) is 0 Å². The number of carbonyl (C=O) groups is 2. The zero-order valence-electron chi connectivity index (χ0n) is 17.1. The molecule has 2 amide bonds. The van der Waals surface area contributed by atoms with Gasteiger partial charge in [-0.15, -0.1) is 0 Å². The Labute approximate surface area is 169 Å². The average molecular weight is 405 g/mol. The van der Waals surface area contributed by atoms with E-state index in [0.717, 1.165) is 63.1 Å². The fourth-order valence-corrected chi connectivity index (χ4v) is 3.88. The van der Waals surface area contributed by atoms with Crippen LogP contribution in [0.2, 0.25) is 0 Å². The van der Waals surface area contributed by atoms with E-state index in [1.54, 1.807) is 0 Å². The summed E-state index contributed by atoms with van der Waals surface area (Å²) in [5.74, 6) is 2.56. The monoisotopic (exact) mass is 404 g/mol. The average Bonchev–Trinajstić information content (AvgIpc) is 2.60. The SMILES string of the molecule is CCCCCCSC(=O)NCCCCCCNC(=O)SCCCC(C)C. The molecule has 0 aliphatic rings. The highest BCUT2D eigenvalue weighted by Gasteiger charge is 2.03. The quantitative estimate of drug-likeness (QED) is 0.290. The van der Waals surface area contributed by atoms with E-state index in [1.165, 1.54) is 49.2 Å². The molecule has 0 fully saturated rings. The van der Waals surface area contributed by atoms with Crippen LogP contribution in [0.5, 0.6) is 0 Å². The van der Waals surface area contributed by atoms with Crippen LogP contribution < -0.4 is 10.6 Å². The molecular weight excluding hydrogens is 364 g/mol. The maximum atomic E-state index is 11.6. The van der Waals surface area contributed by atoms with E-state index in [-0.39, 0.29) is 10.5 Å². The Morgan fingerprint density at radius 1 is 0.731 bits per heavy atom. The van der Waals surface area contributed by atoms with Gasteiger partial charge in [0, 0.05) is 24.6 Å². The Balaban J connectivity index is 3.27. The number of hydrogen-bond acceptors (Lipinski definition) is 4. The number of nitrogens with one attached hydrogen (secondary N) is 2. The molecule has 0 aromatic heterocycles. The van der Waals surface area contributed by atoms with Crippen molar-refractivity contribution in [2.75, 3.05) is 24.6 Å². The topological polar surface area (TPSA) is 58.2 Å². The van der Waals surface area contributed by atoms with Crippen molar-refractivity contribution in [3.63, 3.8) is 0 Å². The second-order valence-corrected chi connectivity index (χ2v) is 9.27. The second-order valence-electron chi connectivity index (χ2n) is 7.14. The summed E-state index contributed by atoms with van der Waals surface area (Å²) in [5, 5.41) is 6.16. The van der Waals surface area contributed by atoms with Crippen molar-refractivity contribution in [2.24, 2.45) is 5.92 Å². The molecule has 0 aliphatic heterocycles. The Hall–Kier alpha value is -0.360. The third-order valence-electron chi connectivity index (χ3n) is 4.03. The minimum Gasteiger partial charge on any atom is -0.347 e. The van der Waals surface area contributed by atoms with Crippen molar-refractivity contribution in [1.29, 1.82) is 0 Å². The summed E-state index contributed by atoms with van der Waals surface area (Å²) in [5.41, 5.74) is 0. The maximum absolute atomic E-state index is 11.6. The van der Waals surface area contributed by atoms with Crippen LogP contribution in [0.15, 0.2) is 0 Å². The molecule has 6 heteroatoms. The van der Waals surface area contributed by atoms with Crippen molar-refractivity contribution in [3.8, 4) is 0 Å². The first kappa shape index (κ1) is 25.6. The first-order chi connectivity index (χ1) is 12.6.